The number of benzene rings is 1. The van der Waals surface area contributed by atoms with Crippen LogP contribution in [0.5, 0.6) is 0 Å². The highest BCUT2D eigenvalue weighted by Gasteiger charge is 2.21. The van der Waals surface area contributed by atoms with E-state index in [2.05, 4.69) is 12.2 Å². The van der Waals surface area contributed by atoms with Crippen molar-refractivity contribution < 1.29 is 9.90 Å². The fourth-order valence-electron chi connectivity index (χ4n) is 1.82. The van der Waals surface area contributed by atoms with Crippen molar-refractivity contribution in [3.63, 3.8) is 0 Å². The summed E-state index contributed by atoms with van der Waals surface area (Å²) in [6.07, 6.45) is 0.980. The van der Waals surface area contributed by atoms with Gasteiger partial charge in [0.2, 0.25) is 0 Å². The van der Waals surface area contributed by atoms with E-state index in [1.165, 1.54) is 5.56 Å². The van der Waals surface area contributed by atoms with Gasteiger partial charge in [0.05, 0.1) is 12.1 Å². The summed E-state index contributed by atoms with van der Waals surface area (Å²) in [6.45, 7) is 8.24. The van der Waals surface area contributed by atoms with Crippen LogP contribution in [-0.2, 0) is 6.42 Å². The second-order valence-electron chi connectivity index (χ2n) is 5.31. The Morgan fingerprint density at radius 1 is 1.26 bits per heavy atom. The summed E-state index contributed by atoms with van der Waals surface area (Å²) in [7, 11) is 0. The second-order valence-corrected chi connectivity index (χ2v) is 5.31. The Kier molecular flexibility index (Phi) is 5.36. The van der Waals surface area contributed by atoms with E-state index in [4.69, 9.17) is 0 Å². The molecule has 4 heteroatoms. The van der Waals surface area contributed by atoms with Gasteiger partial charge in [0.1, 0.15) is 0 Å². The Morgan fingerprint density at radius 2 is 1.84 bits per heavy atom. The van der Waals surface area contributed by atoms with Crippen LogP contribution in [0.25, 0.3) is 0 Å². The molecule has 1 aromatic rings. The summed E-state index contributed by atoms with van der Waals surface area (Å²) in [4.78, 5) is 13.7. The quantitative estimate of drug-likeness (QED) is 0.859. The van der Waals surface area contributed by atoms with Crippen molar-refractivity contribution in [1.29, 1.82) is 0 Å². The van der Waals surface area contributed by atoms with Crippen LogP contribution >= 0.6 is 0 Å². The van der Waals surface area contributed by atoms with Crippen LogP contribution in [0.15, 0.2) is 24.3 Å². The topological polar surface area (TPSA) is 52.6 Å². The molecule has 4 nitrogen and oxygen atoms in total. The lowest BCUT2D eigenvalue weighted by Crippen LogP contribution is -2.44. The van der Waals surface area contributed by atoms with Gasteiger partial charge in [-0.3, -0.25) is 0 Å². The Hall–Kier alpha value is -1.55. The molecule has 0 atom stereocenters. The maximum absolute atomic E-state index is 12.1. The molecule has 0 heterocycles. The number of hydrogen-bond acceptors (Lipinski definition) is 2. The smallest absolute Gasteiger partial charge is 0.321 e. The van der Waals surface area contributed by atoms with E-state index in [1.807, 2.05) is 31.2 Å². The summed E-state index contributed by atoms with van der Waals surface area (Å²) < 4.78 is 0. The molecule has 2 amide bonds. The number of carbonyl (C=O) groups excluding carboxylic acids is 1. The Morgan fingerprint density at radius 3 is 2.26 bits per heavy atom. The number of aryl methyl sites for hydroxylation is 1. The molecule has 106 valence electrons. The first-order valence-electron chi connectivity index (χ1n) is 6.73. The molecule has 19 heavy (non-hydrogen) atoms. The van der Waals surface area contributed by atoms with E-state index in [9.17, 15) is 9.90 Å². The Balaban J connectivity index is 2.65. The zero-order valence-corrected chi connectivity index (χ0v) is 12.2. The van der Waals surface area contributed by atoms with E-state index >= 15 is 0 Å². The minimum atomic E-state index is -0.889. The summed E-state index contributed by atoms with van der Waals surface area (Å²) in [5.74, 6) is 0. The molecule has 0 spiro atoms. The van der Waals surface area contributed by atoms with E-state index in [1.54, 1.807) is 18.7 Å². The highest BCUT2D eigenvalue weighted by molar-refractivity contribution is 5.89. The van der Waals surface area contributed by atoms with Crippen molar-refractivity contribution in [2.45, 2.75) is 39.7 Å². The van der Waals surface area contributed by atoms with Crippen molar-refractivity contribution in [2.75, 3.05) is 18.4 Å². The van der Waals surface area contributed by atoms with Crippen LogP contribution in [0.4, 0.5) is 10.5 Å². The third-order valence-electron chi connectivity index (χ3n) is 2.86. The van der Waals surface area contributed by atoms with Crippen molar-refractivity contribution in [1.82, 2.24) is 4.90 Å². The van der Waals surface area contributed by atoms with Gasteiger partial charge in [-0.2, -0.15) is 0 Å². The number of carbonyl (C=O) groups is 1. The van der Waals surface area contributed by atoms with Crippen LogP contribution in [0.1, 0.15) is 33.3 Å². The number of amides is 2. The van der Waals surface area contributed by atoms with Crippen molar-refractivity contribution in [2.24, 2.45) is 0 Å². The van der Waals surface area contributed by atoms with Crippen LogP contribution in [0, 0.1) is 0 Å². The molecule has 0 radical (unpaired) electrons. The number of likely N-dealkylation sites (N-methyl/N-ethyl adjacent to an activating group) is 1. The first-order chi connectivity index (χ1) is 8.85. The maximum Gasteiger partial charge on any atom is 0.321 e. The van der Waals surface area contributed by atoms with Gasteiger partial charge in [-0.1, -0.05) is 19.1 Å². The van der Waals surface area contributed by atoms with E-state index in [0.717, 1.165) is 12.1 Å². The molecule has 0 aliphatic rings. The number of hydrogen-bond donors (Lipinski definition) is 2. The van der Waals surface area contributed by atoms with Crippen molar-refractivity contribution in [3.8, 4) is 0 Å². The SMILES string of the molecule is CCc1ccc(NC(=O)N(CC)CC(C)(C)O)cc1. The Labute approximate surface area is 115 Å². The molecular weight excluding hydrogens is 240 g/mol. The lowest BCUT2D eigenvalue weighted by atomic mass is 10.1. The van der Waals surface area contributed by atoms with Crippen molar-refractivity contribution >= 4 is 11.7 Å². The summed E-state index contributed by atoms with van der Waals surface area (Å²) in [5, 5.41) is 12.6. The molecule has 1 aromatic carbocycles. The summed E-state index contributed by atoms with van der Waals surface area (Å²) in [5.41, 5.74) is 1.12. The fourth-order valence-corrected chi connectivity index (χ4v) is 1.82. The number of nitrogens with one attached hydrogen (secondary N) is 1. The zero-order chi connectivity index (χ0) is 14.5. The van der Waals surface area contributed by atoms with Gasteiger partial charge in [0, 0.05) is 12.2 Å². The lowest BCUT2D eigenvalue weighted by Gasteiger charge is -2.28. The highest BCUT2D eigenvalue weighted by atomic mass is 16.3. The molecule has 0 fully saturated rings. The van der Waals surface area contributed by atoms with Crippen LogP contribution in [0.3, 0.4) is 0 Å². The van der Waals surface area contributed by atoms with Crippen LogP contribution in [-0.4, -0.2) is 34.7 Å². The number of aliphatic hydroxyl groups is 1. The largest absolute Gasteiger partial charge is 0.389 e. The average Bonchev–Trinajstić information content (AvgIpc) is 2.35. The lowest BCUT2D eigenvalue weighted by molar-refractivity contribution is 0.0501. The summed E-state index contributed by atoms with van der Waals surface area (Å²) in [6, 6.07) is 7.61. The monoisotopic (exact) mass is 264 g/mol. The maximum atomic E-state index is 12.1. The van der Waals surface area contributed by atoms with E-state index in [0.29, 0.717) is 13.1 Å². The Bertz CT molecular complexity index is 407. The second kappa shape index (κ2) is 6.57. The molecule has 0 saturated carbocycles. The fraction of sp³-hybridized carbons (Fsp3) is 0.533. The van der Waals surface area contributed by atoms with Gasteiger partial charge in [0.15, 0.2) is 0 Å². The molecule has 1 rings (SSSR count). The van der Waals surface area contributed by atoms with Crippen LogP contribution < -0.4 is 5.32 Å². The number of rotatable bonds is 5. The van der Waals surface area contributed by atoms with Gasteiger partial charge in [-0.05, 0) is 44.9 Å². The van der Waals surface area contributed by atoms with Gasteiger partial charge >= 0.3 is 6.03 Å². The zero-order valence-electron chi connectivity index (χ0n) is 12.2. The molecule has 0 aromatic heterocycles. The number of anilines is 1. The van der Waals surface area contributed by atoms with E-state index in [-0.39, 0.29) is 6.03 Å². The minimum absolute atomic E-state index is 0.186. The van der Waals surface area contributed by atoms with Crippen molar-refractivity contribution in [3.05, 3.63) is 29.8 Å². The van der Waals surface area contributed by atoms with E-state index < -0.39 is 5.60 Å². The predicted octanol–water partition coefficient (Wildman–Crippen LogP) is 2.87. The first kappa shape index (κ1) is 15.5. The standard InChI is InChI=1S/C15H24N2O2/c1-5-12-7-9-13(10-8-12)16-14(18)17(6-2)11-15(3,4)19/h7-10,19H,5-6,11H2,1-4H3,(H,16,18). The molecule has 0 saturated heterocycles. The number of urea groups is 1. The van der Waals surface area contributed by atoms with Crippen LogP contribution in [0.2, 0.25) is 0 Å². The molecular formula is C15H24N2O2. The normalized spacial score (nSPS) is 11.2. The summed E-state index contributed by atoms with van der Waals surface area (Å²) >= 11 is 0. The first-order valence-corrected chi connectivity index (χ1v) is 6.73. The van der Waals surface area contributed by atoms with Gasteiger partial charge in [-0.25, -0.2) is 4.79 Å². The average molecular weight is 264 g/mol. The molecule has 0 aliphatic carbocycles. The third-order valence-corrected chi connectivity index (χ3v) is 2.86. The highest BCUT2D eigenvalue weighted by Crippen LogP contribution is 2.12. The molecule has 0 aliphatic heterocycles. The van der Waals surface area contributed by atoms with Gasteiger partial charge < -0.3 is 15.3 Å². The molecule has 0 bridgehead atoms. The number of nitrogens with zero attached hydrogens (tertiary/aromatic N) is 1. The molecule has 2 N–H and O–H groups in total. The molecule has 0 unspecified atom stereocenters. The predicted molar refractivity (Wildman–Crippen MR) is 78.4 cm³/mol. The minimum Gasteiger partial charge on any atom is -0.389 e. The third kappa shape index (κ3) is 5.30. The van der Waals surface area contributed by atoms with Gasteiger partial charge in [0.25, 0.3) is 0 Å². The van der Waals surface area contributed by atoms with Gasteiger partial charge in [-0.15, -0.1) is 0 Å².